The van der Waals surface area contributed by atoms with Crippen molar-refractivity contribution in [3.8, 4) is 5.75 Å². The smallest absolute Gasteiger partial charge is 0.252 e. The number of H-pyrrole nitrogens is 1. The Morgan fingerprint density at radius 3 is 2.80 bits per heavy atom. The number of tetrazole rings is 1. The molecule has 2 aromatic heterocycles. The molecule has 9 nitrogen and oxygen atoms in total. The first kappa shape index (κ1) is 23.9. The number of aromatic amines is 1. The summed E-state index contributed by atoms with van der Waals surface area (Å²) in [5, 5.41) is 13.9. The molecule has 3 aromatic rings. The summed E-state index contributed by atoms with van der Waals surface area (Å²) in [5.41, 5.74) is 1.50. The van der Waals surface area contributed by atoms with E-state index < -0.39 is 0 Å². The van der Waals surface area contributed by atoms with E-state index in [9.17, 15) is 4.79 Å². The summed E-state index contributed by atoms with van der Waals surface area (Å²) in [5.74, 6) is 1.60. The number of hydrogen-bond donors (Lipinski definition) is 1. The molecule has 0 amide bonds. The molecule has 35 heavy (non-hydrogen) atoms. The number of fused-ring (bicyclic) bond motifs is 1. The monoisotopic (exact) mass is 480 g/mol. The van der Waals surface area contributed by atoms with Gasteiger partial charge < -0.3 is 14.5 Å². The second kappa shape index (κ2) is 10.9. The summed E-state index contributed by atoms with van der Waals surface area (Å²) in [4.78, 5) is 18.7. The average molecular weight is 481 g/mol. The SMILES string of the molecule is CC[C@H](c1nnnn1C[C@@H]1CCCO1)N(Cc1cc2ccc(OC)cc2[nH]c1=O)C1CCCCC1. The van der Waals surface area contributed by atoms with Crippen molar-refractivity contribution in [1.82, 2.24) is 30.1 Å². The molecule has 1 N–H and O–H groups in total. The van der Waals surface area contributed by atoms with E-state index in [1.54, 1.807) is 7.11 Å². The lowest BCUT2D eigenvalue weighted by Gasteiger charge is -2.39. The Morgan fingerprint density at radius 2 is 2.06 bits per heavy atom. The van der Waals surface area contributed by atoms with Gasteiger partial charge >= 0.3 is 0 Å². The Labute approximate surface area is 205 Å². The zero-order valence-corrected chi connectivity index (χ0v) is 20.8. The Kier molecular flexibility index (Phi) is 7.43. The minimum Gasteiger partial charge on any atom is -0.497 e. The number of hydrogen-bond acceptors (Lipinski definition) is 7. The largest absolute Gasteiger partial charge is 0.497 e. The van der Waals surface area contributed by atoms with Crippen molar-refractivity contribution in [2.24, 2.45) is 0 Å². The topological polar surface area (TPSA) is 98.2 Å². The number of nitrogens with one attached hydrogen (secondary N) is 1. The molecule has 1 aromatic carbocycles. The maximum Gasteiger partial charge on any atom is 0.252 e. The first-order valence-corrected chi connectivity index (χ1v) is 13.0. The predicted molar refractivity (Wildman–Crippen MR) is 133 cm³/mol. The van der Waals surface area contributed by atoms with Gasteiger partial charge in [0.15, 0.2) is 5.82 Å². The summed E-state index contributed by atoms with van der Waals surface area (Å²) in [6, 6.07) is 8.24. The van der Waals surface area contributed by atoms with E-state index in [0.717, 1.165) is 66.8 Å². The molecule has 0 radical (unpaired) electrons. The van der Waals surface area contributed by atoms with Crippen LogP contribution in [0.15, 0.2) is 29.1 Å². The molecule has 5 rings (SSSR count). The molecule has 1 aliphatic carbocycles. The second-order valence-electron chi connectivity index (χ2n) is 9.82. The first-order chi connectivity index (χ1) is 17.2. The maximum absolute atomic E-state index is 13.2. The molecule has 0 unspecified atom stereocenters. The molecule has 1 saturated carbocycles. The van der Waals surface area contributed by atoms with Crippen molar-refractivity contribution >= 4 is 10.9 Å². The number of nitrogens with zero attached hydrogens (tertiary/aromatic N) is 5. The minimum atomic E-state index is -0.0552. The van der Waals surface area contributed by atoms with Gasteiger partial charge in [-0.2, -0.15) is 0 Å². The molecule has 1 saturated heterocycles. The normalized spacial score (nSPS) is 20.0. The van der Waals surface area contributed by atoms with E-state index in [0.29, 0.717) is 19.1 Å². The van der Waals surface area contributed by atoms with Gasteiger partial charge in [-0.1, -0.05) is 26.2 Å². The third-order valence-electron chi connectivity index (χ3n) is 7.57. The van der Waals surface area contributed by atoms with Crippen LogP contribution < -0.4 is 10.3 Å². The van der Waals surface area contributed by atoms with Gasteiger partial charge in [-0.15, -0.1) is 5.10 Å². The highest BCUT2D eigenvalue weighted by atomic mass is 16.5. The molecule has 9 heteroatoms. The summed E-state index contributed by atoms with van der Waals surface area (Å²) in [7, 11) is 1.63. The lowest BCUT2D eigenvalue weighted by Crippen LogP contribution is -2.41. The predicted octanol–water partition coefficient (Wildman–Crippen LogP) is 3.99. The Hall–Kier alpha value is -2.78. The van der Waals surface area contributed by atoms with Crippen LogP contribution >= 0.6 is 0 Å². The minimum absolute atomic E-state index is 0.0282. The highest BCUT2D eigenvalue weighted by Gasteiger charge is 2.32. The standard InChI is InChI=1S/C26H36N6O3/c1-3-24(25-28-29-30-32(25)17-22-10-7-13-35-22)31(20-8-5-4-6-9-20)16-19-14-18-11-12-21(34-2)15-23(18)27-26(19)33/h11-12,14-15,20,22,24H,3-10,13,16-17H2,1-2H3,(H,27,33)/t22-,24+/m0/s1. The number of rotatable bonds is 9. The lowest BCUT2D eigenvalue weighted by atomic mass is 9.92. The van der Waals surface area contributed by atoms with Crippen LogP contribution in [-0.2, 0) is 17.8 Å². The summed E-state index contributed by atoms with van der Waals surface area (Å²) in [6.07, 6.45) is 9.13. The number of ether oxygens (including phenoxy) is 2. The molecule has 0 spiro atoms. The van der Waals surface area contributed by atoms with Gasteiger partial charge in [0.05, 0.1) is 31.3 Å². The van der Waals surface area contributed by atoms with Crippen molar-refractivity contribution < 1.29 is 9.47 Å². The van der Waals surface area contributed by atoms with E-state index in [-0.39, 0.29) is 17.7 Å². The van der Waals surface area contributed by atoms with Gasteiger partial charge in [-0.3, -0.25) is 9.69 Å². The maximum atomic E-state index is 13.2. The molecule has 1 aliphatic heterocycles. The van der Waals surface area contributed by atoms with Crippen molar-refractivity contribution in [2.45, 2.75) is 89.6 Å². The van der Waals surface area contributed by atoms with Crippen molar-refractivity contribution in [3.63, 3.8) is 0 Å². The third kappa shape index (κ3) is 5.26. The lowest BCUT2D eigenvalue weighted by molar-refractivity contribution is 0.0734. The van der Waals surface area contributed by atoms with Crippen LogP contribution in [0.25, 0.3) is 10.9 Å². The highest BCUT2D eigenvalue weighted by Crippen LogP contribution is 2.33. The number of pyridine rings is 1. The van der Waals surface area contributed by atoms with Gasteiger partial charge in [0, 0.05) is 30.8 Å². The van der Waals surface area contributed by atoms with Gasteiger partial charge in [0.2, 0.25) is 0 Å². The Bertz CT molecular complexity index is 1180. The van der Waals surface area contributed by atoms with Crippen LogP contribution in [0.1, 0.15) is 75.7 Å². The van der Waals surface area contributed by atoms with E-state index in [4.69, 9.17) is 9.47 Å². The third-order valence-corrected chi connectivity index (χ3v) is 7.57. The second-order valence-corrected chi connectivity index (χ2v) is 9.82. The summed E-state index contributed by atoms with van der Waals surface area (Å²) < 4.78 is 13.1. The van der Waals surface area contributed by atoms with Crippen LogP contribution in [0.3, 0.4) is 0 Å². The van der Waals surface area contributed by atoms with Crippen molar-refractivity contribution in [3.05, 3.63) is 46.0 Å². The average Bonchev–Trinajstić information content (AvgIpc) is 3.57. The summed E-state index contributed by atoms with van der Waals surface area (Å²) >= 11 is 0. The quantitative estimate of drug-likeness (QED) is 0.494. The fraction of sp³-hybridized carbons (Fsp3) is 0.615. The number of methoxy groups -OCH3 is 1. The fourth-order valence-electron chi connectivity index (χ4n) is 5.70. The van der Waals surface area contributed by atoms with E-state index in [1.165, 1.54) is 19.3 Å². The molecule has 2 fully saturated rings. The Morgan fingerprint density at radius 1 is 1.20 bits per heavy atom. The van der Waals surface area contributed by atoms with Crippen LogP contribution in [0.2, 0.25) is 0 Å². The highest BCUT2D eigenvalue weighted by molar-refractivity contribution is 5.80. The van der Waals surface area contributed by atoms with Gasteiger partial charge in [0.25, 0.3) is 5.56 Å². The zero-order chi connectivity index (χ0) is 24.2. The number of aromatic nitrogens is 5. The molecular weight excluding hydrogens is 444 g/mol. The zero-order valence-electron chi connectivity index (χ0n) is 20.8. The van der Waals surface area contributed by atoms with Gasteiger partial charge in [-0.05, 0) is 66.1 Å². The molecule has 188 valence electrons. The van der Waals surface area contributed by atoms with Gasteiger partial charge in [-0.25, -0.2) is 4.68 Å². The molecule has 2 aliphatic rings. The fourth-order valence-corrected chi connectivity index (χ4v) is 5.70. The van der Waals surface area contributed by atoms with E-state index in [1.807, 2.05) is 28.9 Å². The van der Waals surface area contributed by atoms with E-state index in [2.05, 4.69) is 32.3 Å². The summed E-state index contributed by atoms with van der Waals surface area (Å²) in [6.45, 7) is 4.23. The van der Waals surface area contributed by atoms with Crippen LogP contribution in [0, 0.1) is 0 Å². The van der Waals surface area contributed by atoms with Crippen LogP contribution in [0.5, 0.6) is 5.75 Å². The molecule has 0 bridgehead atoms. The van der Waals surface area contributed by atoms with Gasteiger partial charge in [0.1, 0.15) is 5.75 Å². The molecular formula is C26H36N6O3. The van der Waals surface area contributed by atoms with Crippen molar-refractivity contribution in [1.29, 1.82) is 0 Å². The Balaban J connectivity index is 1.47. The van der Waals surface area contributed by atoms with Crippen LogP contribution in [0.4, 0.5) is 0 Å². The van der Waals surface area contributed by atoms with Crippen molar-refractivity contribution in [2.75, 3.05) is 13.7 Å². The van der Waals surface area contributed by atoms with Crippen LogP contribution in [-0.4, -0.2) is 56.0 Å². The first-order valence-electron chi connectivity index (χ1n) is 13.0. The number of benzene rings is 1. The molecule has 3 heterocycles. The molecule has 2 atom stereocenters. The van der Waals surface area contributed by atoms with E-state index >= 15 is 0 Å².